The van der Waals surface area contributed by atoms with Gasteiger partial charge in [-0.25, -0.2) is 0 Å². The second-order valence-corrected chi connectivity index (χ2v) is 4.99. The van der Waals surface area contributed by atoms with Crippen LogP contribution in [0.3, 0.4) is 0 Å². The van der Waals surface area contributed by atoms with Crippen LogP contribution in [0.2, 0.25) is 0 Å². The number of rotatable bonds is 2. The van der Waals surface area contributed by atoms with Crippen molar-refractivity contribution in [3.05, 3.63) is 54.6 Å². The molecule has 106 valence electrons. The molecule has 3 nitrogen and oxygen atoms in total. The van der Waals surface area contributed by atoms with E-state index in [0.717, 1.165) is 17.5 Å². The van der Waals surface area contributed by atoms with Crippen molar-refractivity contribution in [1.29, 1.82) is 0 Å². The zero-order valence-corrected chi connectivity index (χ0v) is 11.9. The Morgan fingerprint density at radius 2 is 1.80 bits per heavy atom. The van der Waals surface area contributed by atoms with Crippen LogP contribution in [0.4, 0.5) is 5.69 Å². The van der Waals surface area contributed by atoms with Crippen LogP contribution in [-0.4, -0.2) is 12.6 Å². The maximum atomic E-state index is 5.63. The zero-order valence-electron chi connectivity index (χ0n) is 11.9. The molecule has 0 amide bonds. The number of nitrogens with one attached hydrogen (secondary N) is 1. The second-order valence-electron chi connectivity index (χ2n) is 4.99. The van der Waals surface area contributed by atoms with E-state index in [-0.39, 0.29) is 0 Å². The third kappa shape index (κ3) is 4.94. The molecular weight excluding hydrogens is 248 g/mol. The Morgan fingerprint density at radius 1 is 1.05 bits per heavy atom. The summed E-state index contributed by atoms with van der Waals surface area (Å²) in [5, 5.41) is 3.32. The Kier molecular flexibility index (Phi) is 5.44. The number of benzene rings is 2. The summed E-state index contributed by atoms with van der Waals surface area (Å²) in [5.41, 5.74) is 6.34. The fourth-order valence-corrected chi connectivity index (χ4v) is 2.06. The SMILES string of the molecule is CC1CCCN1.Nc1cccc(Oc2ccccc2)c1. The summed E-state index contributed by atoms with van der Waals surface area (Å²) >= 11 is 0. The van der Waals surface area contributed by atoms with Crippen molar-refractivity contribution >= 4 is 5.69 Å². The lowest BCUT2D eigenvalue weighted by Gasteiger charge is -2.05. The Hall–Kier alpha value is -2.00. The lowest BCUT2D eigenvalue weighted by atomic mass is 10.3. The molecular formula is C17H22N2O. The van der Waals surface area contributed by atoms with Gasteiger partial charge in [0, 0.05) is 17.8 Å². The van der Waals surface area contributed by atoms with Crippen LogP contribution in [0.15, 0.2) is 54.6 Å². The predicted molar refractivity (Wildman–Crippen MR) is 84.1 cm³/mol. The molecule has 0 bridgehead atoms. The normalized spacial score (nSPS) is 17.1. The molecule has 3 N–H and O–H groups in total. The molecule has 0 aromatic heterocycles. The molecule has 0 saturated carbocycles. The van der Waals surface area contributed by atoms with Crippen molar-refractivity contribution in [3.63, 3.8) is 0 Å². The first kappa shape index (κ1) is 14.4. The highest BCUT2D eigenvalue weighted by Crippen LogP contribution is 2.22. The van der Waals surface area contributed by atoms with E-state index in [1.54, 1.807) is 6.07 Å². The van der Waals surface area contributed by atoms with Crippen molar-refractivity contribution in [1.82, 2.24) is 5.32 Å². The number of anilines is 1. The number of nitrogens with two attached hydrogens (primary N) is 1. The highest BCUT2D eigenvalue weighted by molar-refractivity contribution is 5.45. The van der Waals surface area contributed by atoms with Crippen molar-refractivity contribution in [3.8, 4) is 11.5 Å². The Labute approximate surface area is 120 Å². The van der Waals surface area contributed by atoms with Gasteiger partial charge in [-0.05, 0) is 50.6 Å². The van der Waals surface area contributed by atoms with Gasteiger partial charge in [-0.3, -0.25) is 0 Å². The average molecular weight is 270 g/mol. The first-order valence-corrected chi connectivity index (χ1v) is 7.06. The quantitative estimate of drug-likeness (QED) is 0.816. The predicted octanol–water partition coefficient (Wildman–Crippen LogP) is 3.82. The van der Waals surface area contributed by atoms with Crippen LogP contribution in [0.5, 0.6) is 11.5 Å². The van der Waals surface area contributed by atoms with E-state index >= 15 is 0 Å². The average Bonchev–Trinajstić information content (AvgIpc) is 2.92. The van der Waals surface area contributed by atoms with Crippen molar-refractivity contribution < 1.29 is 4.74 Å². The topological polar surface area (TPSA) is 47.3 Å². The highest BCUT2D eigenvalue weighted by Gasteiger charge is 2.05. The molecule has 1 unspecified atom stereocenters. The van der Waals surface area contributed by atoms with Crippen LogP contribution in [-0.2, 0) is 0 Å². The maximum absolute atomic E-state index is 5.63. The molecule has 3 heteroatoms. The first-order valence-electron chi connectivity index (χ1n) is 7.06. The summed E-state index contributed by atoms with van der Waals surface area (Å²) in [4.78, 5) is 0. The lowest BCUT2D eigenvalue weighted by Crippen LogP contribution is -2.16. The molecule has 1 fully saturated rings. The monoisotopic (exact) mass is 270 g/mol. The molecule has 1 aliphatic rings. The van der Waals surface area contributed by atoms with Gasteiger partial charge >= 0.3 is 0 Å². The van der Waals surface area contributed by atoms with E-state index in [1.807, 2.05) is 48.5 Å². The van der Waals surface area contributed by atoms with Crippen LogP contribution < -0.4 is 15.8 Å². The van der Waals surface area contributed by atoms with Crippen molar-refractivity contribution in [2.24, 2.45) is 0 Å². The smallest absolute Gasteiger partial charge is 0.129 e. The minimum Gasteiger partial charge on any atom is -0.457 e. The molecule has 0 aliphatic carbocycles. The van der Waals surface area contributed by atoms with Crippen LogP contribution >= 0.6 is 0 Å². The van der Waals surface area contributed by atoms with Gasteiger partial charge in [-0.15, -0.1) is 0 Å². The molecule has 20 heavy (non-hydrogen) atoms. The molecule has 0 radical (unpaired) electrons. The number of hydrogen-bond donors (Lipinski definition) is 2. The van der Waals surface area contributed by atoms with Crippen molar-refractivity contribution in [2.75, 3.05) is 12.3 Å². The molecule has 3 rings (SSSR count). The van der Waals surface area contributed by atoms with Gasteiger partial charge in [-0.2, -0.15) is 0 Å². The summed E-state index contributed by atoms with van der Waals surface area (Å²) in [6.45, 7) is 3.47. The summed E-state index contributed by atoms with van der Waals surface area (Å²) in [6, 6.07) is 17.8. The van der Waals surface area contributed by atoms with Gasteiger partial charge in [-0.1, -0.05) is 24.3 Å². The fraction of sp³-hybridized carbons (Fsp3) is 0.294. The van der Waals surface area contributed by atoms with Crippen LogP contribution in [0.1, 0.15) is 19.8 Å². The first-order chi connectivity index (χ1) is 9.74. The van der Waals surface area contributed by atoms with Crippen LogP contribution in [0.25, 0.3) is 0 Å². The van der Waals surface area contributed by atoms with E-state index in [0.29, 0.717) is 5.69 Å². The van der Waals surface area contributed by atoms with Gasteiger partial charge in [0.1, 0.15) is 11.5 Å². The van der Waals surface area contributed by atoms with E-state index < -0.39 is 0 Å². The number of nitrogen functional groups attached to an aromatic ring is 1. The highest BCUT2D eigenvalue weighted by atomic mass is 16.5. The molecule has 0 spiro atoms. The number of hydrogen-bond acceptors (Lipinski definition) is 3. The zero-order chi connectivity index (χ0) is 14.2. The minimum atomic E-state index is 0.707. The van der Waals surface area contributed by atoms with Gasteiger partial charge in [0.25, 0.3) is 0 Å². The lowest BCUT2D eigenvalue weighted by molar-refractivity contribution is 0.483. The van der Waals surface area contributed by atoms with E-state index in [9.17, 15) is 0 Å². The molecule has 1 atom stereocenters. The van der Waals surface area contributed by atoms with E-state index in [4.69, 9.17) is 10.5 Å². The summed E-state index contributed by atoms with van der Waals surface area (Å²) < 4.78 is 5.58. The molecule has 1 heterocycles. The summed E-state index contributed by atoms with van der Waals surface area (Å²) in [7, 11) is 0. The second kappa shape index (κ2) is 7.56. The van der Waals surface area contributed by atoms with Gasteiger partial charge in [0.05, 0.1) is 0 Å². The van der Waals surface area contributed by atoms with Crippen LogP contribution in [0, 0.1) is 0 Å². The number of para-hydroxylation sites is 1. The Balaban J connectivity index is 0.000000205. The fourth-order valence-electron chi connectivity index (χ4n) is 2.06. The minimum absolute atomic E-state index is 0.707. The molecule has 2 aromatic carbocycles. The summed E-state index contributed by atoms with van der Waals surface area (Å²) in [6.07, 6.45) is 2.75. The maximum Gasteiger partial charge on any atom is 0.129 e. The molecule has 1 saturated heterocycles. The van der Waals surface area contributed by atoms with Crippen molar-refractivity contribution in [2.45, 2.75) is 25.8 Å². The Bertz CT molecular complexity index is 507. The molecule has 2 aromatic rings. The molecule has 1 aliphatic heterocycles. The Morgan fingerprint density at radius 3 is 2.35 bits per heavy atom. The number of ether oxygens (including phenoxy) is 1. The standard InChI is InChI=1S/C12H11NO.C5H11N/c13-10-5-4-8-12(9-10)14-11-6-2-1-3-7-11;1-5-3-2-4-6-5/h1-9H,13H2;5-6H,2-4H2,1H3. The van der Waals surface area contributed by atoms with Gasteiger partial charge in [0.15, 0.2) is 0 Å². The van der Waals surface area contributed by atoms with E-state index in [2.05, 4.69) is 12.2 Å². The van der Waals surface area contributed by atoms with Gasteiger partial charge in [0.2, 0.25) is 0 Å². The third-order valence-corrected chi connectivity index (χ3v) is 3.14. The largest absolute Gasteiger partial charge is 0.457 e. The summed E-state index contributed by atoms with van der Waals surface area (Å²) in [5.74, 6) is 1.58. The van der Waals surface area contributed by atoms with Gasteiger partial charge < -0.3 is 15.8 Å². The third-order valence-electron chi connectivity index (χ3n) is 3.14. The van der Waals surface area contributed by atoms with E-state index in [1.165, 1.54) is 19.4 Å².